The first kappa shape index (κ1) is 16.0. The molecule has 1 aromatic rings. The Balaban J connectivity index is 2.97. The molecule has 19 heavy (non-hydrogen) atoms. The summed E-state index contributed by atoms with van der Waals surface area (Å²) in [6, 6.07) is 9.31. The summed E-state index contributed by atoms with van der Waals surface area (Å²) in [7, 11) is -2.78. The molecule has 1 unspecified atom stereocenters. The lowest BCUT2D eigenvalue weighted by molar-refractivity contribution is -0.141. The normalized spacial score (nSPS) is 14.7. The highest BCUT2D eigenvalue weighted by Crippen LogP contribution is 2.56. The highest BCUT2D eigenvalue weighted by Gasteiger charge is 2.39. The van der Waals surface area contributed by atoms with E-state index in [4.69, 9.17) is 4.74 Å². The number of hydrogen-bond acceptors (Lipinski definition) is 3. The first-order valence-corrected chi connectivity index (χ1v) is 8.51. The largest absolute Gasteiger partial charge is 0.457 e. The van der Waals surface area contributed by atoms with Crippen LogP contribution >= 0.6 is 7.14 Å². The number of benzene rings is 1. The van der Waals surface area contributed by atoms with Crippen LogP contribution in [0.1, 0.15) is 40.5 Å². The third kappa shape index (κ3) is 3.94. The number of esters is 1. The third-order valence-electron chi connectivity index (χ3n) is 3.12. The van der Waals surface area contributed by atoms with Crippen molar-refractivity contribution in [1.29, 1.82) is 0 Å². The van der Waals surface area contributed by atoms with Crippen molar-refractivity contribution in [2.24, 2.45) is 0 Å². The van der Waals surface area contributed by atoms with Gasteiger partial charge in [-0.05, 0) is 6.42 Å². The predicted octanol–water partition coefficient (Wildman–Crippen LogP) is 3.77. The van der Waals surface area contributed by atoms with E-state index in [9.17, 15) is 9.36 Å². The number of carbonyl (C=O) groups is 1. The molecule has 0 radical (unpaired) electrons. The maximum absolute atomic E-state index is 13.3. The number of ether oxygens (including phenoxy) is 1. The van der Waals surface area contributed by atoms with Crippen LogP contribution in [-0.2, 0) is 14.1 Å². The predicted molar refractivity (Wildman–Crippen MR) is 79.3 cm³/mol. The summed E-state index contributed by atoms with van der Waals surface area (Å²) >= 11 is 0. The van der Waals surface area contributed by atoms with E-state index >= 15 is 0 Å². The van der Waals surface area contributed by atoms with Gasteiger partial charge in [0.1, 0.15) is 6.35 Å². The van der Waals surface area contributed by atoms with Crippen LogP contribution in [-0.4, -0.2) is 17.5 Å². The van der Waals surface area contributed by atoms with Gasteiger partial charge in [0.05, 0.1) is 0 Å². The molecule has 3 nitrogen and oxygen atoms in total. The maximum Gasteiger partial charge on any atom is 0.306 e. The van der Waals surface area contributed by atoms with Crippen molar-refractivity contribution in [3.05, 3.63) is 30.3 Å². The minimum Gasteiger partial charge on any atom is -0.457 e. The number of hydrogen-bond donors (Lipinski definition) is 0. The molecule has 0 aliphatic heterocycles. The van der Waals surface area contributed by atoms with Crippen molar-refractivity contribution in [2.75, 3.05) is 6.35 Å². The van der Waals surface area contributed by atoms with Crippen molar-refractivity contribution in [1.82, 2.24) is 0 Å². The molecule has 0 heterocycles. The highest BCUT2D eigenvalue weighted by molar-refractivity contribution is 7.72. The zero-order valence-electron chi connectivity index (χ0n) is 12.2. The fraction of sp³-hybridized carbons (Fsp3) is 0.533. The minimum atomic E-state index is -2.78. The van der Waals surface area contributed by atoms with Gasteiger partial charge in [-0.3, -0.25) is 4.79 Å². The molecule has 0 saturated heterocycles. The van der Waals surface area contributed by atoms with Gasteiger partial charge >= 0.3 is 5.97 Å². The van der Waals surface area contributed by atoms with Crippen molar-refractivity contribution < 1.29 is 14.1 Å². The van der Waals surface area contributed by atoms with Gasteiger partial charge in [-0.15, -0.1) is 0 Å². The Morgan fingerprint density at radius 3 is 2.26 bits per heavy atom. The molecule has 0 amide bonds. The monoisotopic (exact) mass is 282 g/mol. The molecule has 0 aromatic heterocycles. The SMILES string of the molecule is CCCC(=O)OCP(=O)(c1ccccc1)C(C)(C)C. The zero-order chi connectivity index (χ0) is 14.5. The molecule has 106 valence electrons. The summed E-state index contributed by atoms with van der Waals surface area (Å²) in [5.74, 6) is -0.275. The Morgan fingerprint density at radius 2 is 1.79 bits per heavy atom. The Labute approximate surface area is 115 Å². The third-order valence-corrected chi connectivity index (χ3v) is 6.91. The molecule has 0 aliphatic rings. The second-order valence-corrected chi connectivity index (χ2v) is 9.24. The molecule has 0 spiro atoms. The van der Waals surface area contributed by atoms with Gasteiger partial charge in [-0.2, -0.15) is 0 Å². The van der Waals surface area contributed by atoms with Crippen LogP contribution in [0.5, 0.6) is 0 Å². The molecule has 1 aromatic carbocycles. The summed E-state index contributed by atoms with van der Waals surface area (Å²) < 4.78 is 18.5. The zero-order valence-corrected chi connectivity index (χ0v) is 13.1. The molecule has 0 saturated carbocycles. The van der Waals surface area contributed by atoms with Crippen LogP contribution in [0, 0.1) is 0 Å². The van der Waals surface area contributed by atoms with Gasteiger partial charge in [-0.25, -0.2) is 0 Å². The molecule has 1 rings (SSSR count). The van der Waals surface area contributed by atoms with E-state index < -0.39 is 12.3 Å². The van der Waals surface area contributed by atoms with E-state index in [1.165, 1.54) is 0 Å². The number of rotatable bonds is 5. The van der Waals surface area contributed by atoms with Gasteiger partial charge in [0.15, 0.2) is 7.14 Å². The summed E-state index contributed by atoms with van der Waals surface area (Å²) in [5.41, 5.74) is 0. The van der Waals surface area contributed by atoms with Gasteiger partial charge in [0.25, 0.3) is 0 Å². The molecule has 4 heteroatoms. The first-order valence-electron chi connectivity index (χ1n) is 6.61. The second kappa shape index (κ2) is 6.38. The van der Waals surface area contributed by atoms with Crippen LogP contribution < -0.4 is 5.30 Å². The van der Waals surface area contributed by atoms with Crippen molar-refractivity contribution >= 4 is 18.4 Å². The van der Waals surface area contributed by atoms with Crippen molar-refractivity contribution in [3.63, 3.8) is 0 Å². The lowest BCUT2D eigenvalue weighted by Gasteiger charge is -2.31. The number of carbonyl (C=O) groups excluding carboxylic acids is 1. The summed E-state index contributed by atoms with van der Waals surface area (Å²) in [6.07, 6.45) is 1.10. The van der Waals surface area contributed by atoms with Crippen LogP contribution in [0.3, 0.4) is 0 Å². The first-order chi connectivity index (χ1) is 8.81. The molecule has 0 fully saturated rings. The highest BCUT2D eigenvalue weighted by atomic mass is 31.2. The summed E-state index contributed by atoms with van der Waals surface area (Å²) in [6.45, 7) is 7.69. The molecule has 0 N–H and O–H groups in total. The Bertz CT molecular complexity index is 460. The Kier molecular flexibility index (Phi) is 5.37. The van der Waals surface area contributed by atoms with Crippen molar-refractivity contribution in [2.45, 2.75) is 45.7 Å². The molecule has 1 atom stereocenters. The lowest BCUT2D eigenvalue weighted by atomic mass is 10.3. The molecular formula is C15H23O3P. The van der Waals surface area contributed by atoms with Crippen molar-refractivity contribution in [3.8, 4) is 0 Å². The Hall–Kier alpha value is -1.08. The second-order valence-electron chi connectivity index (χ2n) is 5.64. The average Bonchev–Trinajstić information content (AvgIpc) is 2.36. The van der Waals surface area contributed by atoms with Gasteiger partial charge < -0.3 is 9.30 Å². The van der Waals surface area contributed by atoms with Gasteiger partial charge in [0, 0.05) is 16.9 Å². The van der Waals surface area contributed by atoms with E-state index in [-0.39, 0.29) is 12.3 Å². The smallest absolute Gasteiger partial charge is 0.306 e. The standard InChI is InChI=1S/C15H23O3P/c1-5-9-14(16)18-12-19(17,15(2,3)4)13-10-7-6-8-11-13/h6-8,10-11H,5,9,12H2,1-4H3. The van der Waals surface area contributed by atoms with E-state index in [2.05, 4.69) is 0 Å². The maximum atomic E-state index is 13.3. The van der Waals surface area contributed by atoms with E-state index in [0.717, 1.165) is 11.7 Å². The fourth-order valence-corrected chi connectivity index (χ4v) is 4.05. The minimum absolute atomic E-state index is 0.0145. The fourth-order valence-electron chi connectivity index (χ4n) is 1.76. The molecule has 0 bridgehead atoms. The lowest BCUT2D eigenvalue weighted by Crippen LogP contribution is -2.27. The van der Waals surface area contributed by atoms with E-state index in [0.29, 0.717) is 6.42 Å². The van der Waals surface area contributed by atoms with Crippen LogP contribution in [0.15, 0.2) is 30.3 Å². The van der Waals surface area contributed by atoms with Gasteiger partial charge in [-0.1, -0.05) is 58.0 Å². The molecular weight excluding hydrogens is 259 g/mol. The Morgan fingerprint density at radius 1 is 1.21 bits per heavy atom. The van der Waals surface area contributed by atoms with Gasteiger partial charge in [0.2, 0.25) is 0 Å². The van der Waals surface area contributed by atoms with Crippen LogP contribution in [0.25, 0.3) is 0 Å². The summed E-state index contributed by atoms with van der Waals surface area (Å²) in [5, 5.41) is 0.340. The molecule has 0 aliphatic carbocycles. The van der Waals surface area contributed by atoms with Crippen LogP contribution in [0.2, 0.25) is 0 Å². The van der Waals surface area contributed by atoms with Crippen LogP contribution in [0.4, 0.5) is 0 Å². The summed E-state index contributed by atoms with van der Waals surface area (Å²) in [4.78, 5) is 11.5. The van der Waals surface area contributed by atoms with E-state index in [1.54, 1.807) is 0 Å². The quantitative estimate of drug-likeness (QED) is 0.610. The average molecular weight is 282 g/mol. The topological polar surface area (TPSA) is 43.4 Å². The van der Waals surface area contributed by atoms with E-state index in [1.807, 2.05) is 58.0 Å².